The molecule has 2 aromatic carbocycles. The van der Waals surface area contributed by atoms with E-state index in [9.17, 15) is 14.9 Å². The number of amides is 1. The minimum atomic E-state index is -0.412. The van der Waals surface area contributed by atoms with Crippen LogP contribution in [0.25, 0.3) is 0 Å². The minimum absolute atomic E-state index is 0.00270. The van der Waals surface area contributed by atoms with E-state index in [1.54, 1.807) is 12.1 Å². The number of anilines is 2. The van der Waals surface area contributed by atoms with E-state index in [0.717, 1.165) is 5.69 Å². The maximum absolute atomic E-state index is 11.8. The Bertz CT molecular complexity index is 851. The molecule has 0 radical (unpaired) electrons. The number of hydrazone groups is 1. The lowest BCUT2D eigenvalue weighted by molar-refractivity contribution is -0.384. The first kappa shape index (κ1) is 19.3. The van der Waals surface area contributed by atoms with Crippen molar-refractivity contribution in [3.05, 3.63) is 64.2 Å². The van der Waals surface area contributed by atoms with Crippen molar-refractivity contribution in [1.82, 2.24) is 5.43 Å². The highest BCUT2D eigenvalue weighted by Crippen LogP contribution is 2.29. The van der Waals surface area contributed by atoms with E-state index in [1.807, 2.05) is 35.2 Å². The zero-order valence-corrected chi connectivity index (χ0v) is 15.2. The number of hydrogen-bond acceptors (Lipinski definition) is 7. The quantitative estimate of drug-likeness (QED) is 0.430. The van der Waals surface area contributed by atoms with E-state index >= 15 is 0 Å². The molecule has 2 aromatic rings. The predicted octanol–water partition coefficient (Wildman–Crippen LogP) is 1.99. The molecule has 0 atom stereocenters. The summed E-state index contributed by atoms with van der Waals surface area (Å²) in [5, 5.41) is 18.3. The first-order chi connectivity index (χ1) is 13.6. The fraction of sp³-hybridized carbons (Fsp3) is 0.263. The molecule has 1 heterocycles. The van der Waals surface area contributed by atoms with Crippen molar-refractivity contribution < 1.29 is 14.5 Å². The fourth-order valence-corrected chi connectivity index (χ4v) is 2.80. The number of morpholine rings is 1. The van der Waals surface area contributed by atoms with Crippen molar-refractivity contribution in [2.45, 2.75) is 0 Å². The van der Waals surface area contributed by atoms with E-state index in [1.165, 1.54) is 12.3 Å². The van der Waals surface area contributed by atoms with Crippen LogP contribution < -0.4 is 15.6 Å². The van der Waals surface area contributed by atoms with Crippen LogP contribution >= 0.6 is 0 Å². The molecule has 1 saturated heterocycles. The van der Waals surface area contributed by atoms with Gasteiger partial charge in [-0.05, 0) is 18.2 Å². The van der Waals surface area contributed by atoms with Gasteiger partial charge in [0, 0.05) is 30.4 Å². The molecule has 2 N–H and O–H groups in total. The van der Waals surface area contributed by atoms with Crippen molar-refractivity contribution in [1.29, 1.82) is 0 Å². The van der Waals surface area contributed by atoms with Crippen LogP contribution in [-0.4, -0.2) is 49.9 Å². The highest BCUT2D eigenvalue weighted by atomic mass is 16.6. The van der Waals surface area contributed by atoms with Crippen molar-refractivity contribution in [3.8, 4) is 0 Å². The van der Waals surface area contributed by atoms with Crippen LogP contribution in [0.1, 0.15) is 5.56 Å². The Morgan fingerprint density at radius 2 is 1.96 bits per heavy atom. The molecular formula is C19H21N5O4. The number of nitro benzene ring substituents is 1. The number of rotatable bonds is 7. The molecule has 0 unspecified atom stereocenters. The summed E-state index contributed by atoms with van der Waals surface area (Å²) in [6, 6.07) is 14.2. The van der Waals surface area contributed by atoms with Crippen molar-refractivity contribution in [3.63, 3.8) is 0 Å². The van der Waals surface area contributed by atoms with Crippen molar-refractivity contribution in [2.75, 3.05) is 43.1 Å². The Labute approximate surface area is 162 Å². The molecule has 3 rings (SSSR count). The largest absolute Gasteiger partial charge is 0.378 e. The van der Waals surface area contributed by atoms with Gasteiger partial charge in [-0.25, -0.2) is 5.43 Å². The summed E-state index contributed by atoms with van der Waals surface area (Å²) in [5.74, 6) is -0.320. The molecule has 0 aliphatic carbocycles. The lowest BCUT2D eigenvalue weighted by Gasteiger charge is -2.28. The highest BCUT2D eigenvalue weighted by molar-refractivity contribution is 5.86. The minimum Gasteiger partial charge on any atom is -0.378 e. The summed E-state index contributed by atoms with van der Waals surface area (Å²) in [7, 11) is 0. The molecule has 146 valence electrons. The molecule has 9 heteroatoms. The number of nitro groups is 1. The third-order valence-electron chi connectivity index (χ3n) is 4.18. The molecule has 0 aromatic heterocycles. The van der Waals surface area contributed by atoms with Crippen LogP contribution in [0, 0.1) is 10.1 Å². The Morgan fingerprint density at radius 3 is 2.68 bits per heavy atom. The SMILES string of the molecule is O=C(CNc1ccccc1)N/N=C\c1ccc(N2CCOCC2)c([N+](=O)[O-])c1. The van der Waals surface area contributed by atoms with Gasteiger partial charge in [-0.3, -0.25) is 14.9 Å². The zero-order valence-electron chi connectivity index (χ0n) is 15.2. The van der Waals surface area contributed by atoms with Gasteiger partial charge in [-0.1, -0.05) is 24.3 Å². The van der Waals surface area contributed by atoms with Gasteiger partial charge in [0.25, 0.3) is 11.6 Å². The number of nitrogens with one attached hydrogen (secondary N) is 2. The van der Waals surface area contributed by atoms with E-state index in [4.69, 9.17) is 4.74 Å². The molecule has 1 aliphatic rings. The normalized spacial score (nSPS) is 14.1. The van der Waals surface area contributed by atoms with Gasteiger partial charge in [-0.15, -0.1) is 0 Å². The third-order valence-corrected chi connectivity index (χ3v) is 4.18. The van der Waals surface area contributed by atoms with Gasteiger partial charge >= 0.3 is 0 Å². The first-order valence-electron chi connectivity index (χ1n) is 8.85. The van der Waals surface area contributed by atoms with Crippen LogP contribution in [0.4, 0.5) is 17.1 Å². The molecule has 1 aliphatic heterocycles. The first-order valence-corrected chi connectivity index (χ1v) is 8.85. The molecular weight excluding hydrogens is 362 g/mol. The second-order valence-corrected chi connectivity index (χ2v) is 6.12. The van der Waals surface area contributed by atoms with Gasteiger partial charge in [0.05, 0.1) is 30.9 Å². The highest BCUT2D eigenvalue weighted by Gasteiger charge is 2.21. The fourth-order valence-electron chi connectivity index (χ4n) is 2.80. The number of carbonyl (C=O) groups excluding carboxylic acids is 1. The van der Waals surface area contributed by atoms with Gasteiger partial charge in [0.1, 0.15) is 5.69 Å². The van der Waals surface area contributed by atoms with Crippen LogP contribution in [0.3, 0.4) is 0 Å². The zero-order chi connectivity index (χ0) is 19.8. The van der Waals surface area contributed by atoms with Crippen LogP contribution in [0.5, 0.6) is 0 Å². The van der Waals surface area contributed by atoms with E-state index in [-0.39, 0.29) is 18.1 Å². The lowest BCUT2D eigenvalue weighted by atomic mass is 10.1. The predicted molar refractivity (Wildman–Crippen MR) is 107 cm³/mol. The molecule has 0 bridgehead atoms. The number of benzene rings is 2. The van der Waals surface area contributed by atoms with E-state index < -0.39 is 4.92 Å². The summed E-state index contributed by atoms with van der Waals surface area (Å²) in [5.41, 5.74) is 4.32. The Kier molecular flexibility index (Phi) is 6.53. The van der Waals surface area contributed by atoms with Crippen LogP contribution in [0.2, 0.25) is 0 Å². The lowest BCUT2D eigenvalue weighted by Crippen LogP contribution is -2.36. The molecule has 9 nitrogen and oxygen atoms in total. The summed E-state index contributed by atoms with van der Waals surface area (Å²) < 4.78 is 5.29. The summed E-state index contributed by atoms with van der Waals surface area (Å²) in [4.78, 5) is 24.8. The van der Waals surface area contributed by atoms with Gasteiger partial charge < -0.3 is 15.0 Å². The second-order valence-electron chi connectivity index (χ2n) is 6.12. The summed E-state index contributed by atoms with van der Waals surface area (Å²) in [6.45, 7) is 2.38. The average Bonchev–Trinajstić information content (AvgIpc) is 2.73. The molecule has 0 saturated carbocycles. The molecule has 1 amide bonds. The maximum atomic E-state index is 11.8. The number of carbonyl (C=O) groups is 1. The second kappa shape index (κ2) is 9.47. The number of hydrogen-bond donors (Lipinski definition) is 2. The van der Waals surface area contributed by atoms with E-state index in [2.05, 4.69) is 15.8 Å². The number of nitrogens with zero attached hydrogens (tertiary/aromatic N) is 3. The van der Waals surface area contributed by atoms with Crippen molar-refractivity contribution >= 4 is 29.2 Å². The smallest absolute Gasteiger partial charge is 0.293 e. The van der Waals surface area contributed by atoms with Gasteiger partial charge in [-0.2, -0.15) is 5.10 Å². The average molecular weight is 383 g/mol. The number of ether oxygens (including phenoxy) is 1. The van der Waals surface area contributed by atoms with Gasteiger partial charge in [0.2, 0.25) is 0 Å². The van der Waals surface area contributed by atoms with Crippen LogP contribution in [-0.2, 0) is 9.53 Å². The van der Waals surface area contributed by atoms with Crippen molar-refractivity contribution in [2.24, 2.45) is 5.10 Å². The topological polar surface area (TPSA) is 109 Å². The van der Waals surface area contributed by atoms with Gasteiger partial charge in [0.15, 0.2) is 0 Å². The Hall–Kier alpha value is -3.46. The maximum Gasteiger partial charge on any atom is 0.293 e. The summed E-state index contributed by atoms with van der Waals surface area (Å²) >= 11 is 0. The Morgan fingerprint density at radius 1 is 1.21 bits per heavy atom. The number of para-hydroxylation sites is 1. The van der Waals surface area contributed by atoms with Crippen LogP contribution in [0.15, 0.2) is 53.6 Å². The Balaban J connectivity index is 1.59. The molecule has 1 fully saturated rings. The molecule has 0 spiro atoms. The monoisotopic (exact) mass is 383 g/mol. The van der Waals surface area contributed by atoms with E-state index in [0.29, 0.717) is 37.6 Å². The summed E-state index contributed by atoms with van der Waals surface area (Å²) in [6.07, 6.45) is 1.39. The third kappa shape index (κ3) is 5.27. The standard InChI is InChI=1S/C19H21N5O4/c25-19(14-20-16-4-2-1-3-5-16)22-21-13-15-6-7-17(18(12-15)24(26)27)23-8-10-28-11-9-23/h1-7,12-13,20H,8-11,14H2,(H,22,25)/b21-13-. The molecule has 28 heavy (non-hydrogen) atoms.